The van der Waals surface area contributed by atoms with Crippen LogP contribution in [0.5, 0.6) is 0 Å². The molecular formula is C13H17ClN2O2. The number of carbonyl (C=O) groups excluding carboxylic acids is 1. The average molecular weight is 269 g/mol. The molecule has 0 aromatic carbocycles. The number of rotatable bonds is 1. The summed E-state index contributed by atoms with van der Waals surface area (Å²) in [5.41, 5.74) is -0.242. The highest BCUT2D eigenvalue weighted by Gasteiger charge is 2.28. The normalized spacial score (nSPS) is 24.7. The maximum absolute atomic E-state index is 12.3. The zero-order valence-corrected chi connectivity index (χ0v) is 11.2. The summed E-state index contributed by atoms with van der Waals surface area (Å²) in [7, 11) is 0. The van der Waals surface area contributed by atoms with Crippen LogP contribution in [0, 0.1) is 0 Å². The number of hydrogen-bond donors (Lipinski definition) is 1. The van der Waals surface area contributed by atoms with E-state index in [1.807, 2.05) is 6.92 Å². The third kappa shape index (κ3) is 3.00. The molecule has 1 atom stereocenters. The van der Waals surface area contributed by atoms with Gasteiger partial charge in [-0.15, -0.1) is 0 Å². The van der Waals surface area contributed by atoms with Gasteiger partial charge < -0.3 is 10.0 Å². The summed E-state index contributed by atoms with van der Waals surface area (Å²) in [4.78, 5) is 18.0. The smallest absolute Gasteiger partial charge is 0.256 e. The Hall–Kier alpha value is -1.13. The molecule has 0 bridgehead atoms. The van der Waals surface area contributed by atoms with Crippen LogP contribution in [-0.2, 0) is 0 Å². The number of hydrogen-bond acceptors (Lipinski definition) is 3. The lowest BCUT2D eigenvalue weighted by molar-refractivity contribution is 0.0438. The van der Waals surface area contributed by atoms with Crippen molar-refractivity contribution in [2.45, 2.75) is 31.8 Å². The number of pyridine rings is 1. The Bertz CT molecular complexity index is 448. The van der Waals surface area contributed by atoms with Crippen molar-refractivity contribution >= 4 is 17.5 Å². The monoisotopic (exact) mass is 268 g/mol. The minimum Gasteiger partial charge on any atom is -0.390 e. The number of carbonyl (C=O) groups is 1. The van der Waals surface area contributed by atoms with Crippen LogP contribution in [0.4, 0.5) is 0 Å². The van der Waals surface area contributed by atoms with E-state index in [2.05, 4.69) is 4.98 Å². The van der Waals surface area contributed by atoms with Crippen molar-refractivity contribution in [1.29, 1.82) is 0 Å². The van der Waals surface area contributed by atoms with Gasteiger partial charge in [-0.3, -0.25) is 9.78 Å². The fourth-order valence-electron chi connectivity index (χ4n) is 2.17. The third-order valence-corrected chi connectivity index (χ3v) is 3.68. The van der Waals surface area contributed by atoms with Crippen molar-refractivity contribution in [3.05, 3.63) is 29.0 Å². The lowest BCUT2D eigenvalue weighted by Gasteiger charge is -2.22. The van der Waals surface area contributed by atoms with Gasteiger partial charge in [0.2, 0.25) is 0 Å². The second kappa shape index (κ2) is 5.24. The third-order valence-electron chi connectivity index (χ3n) is 3.35. The highest BCUT2D eigenvalue weighted by Crippen LogP contribution is 2.23. The Morgan fingerprint density at radius 3 is 3.00 bits per heavy atom. The minimum absolute atomic E-state index is 0.106. The Kier molecular flexibility index (Phi) is 3.88. The van der Waals surface area contributed by atoms with Crippen LogP contribution >= 0.6 is 11.6 Å². The summed E-state index contributed by atoms with van der Waals surface area (Å²) in [6.07, 6.45) is 5.17. The molecule has 4 nitrogen and oxygen atoms in total. The lowest BCUT2D eigenvalue weighted by Crippen LogP contribution is -2.33. The van der Waals surface area contributed by atoms with Crippen LogP contribution < -0.4 is 0 Å². The summed E-state index contributed by atoms with van der Waals surface area (Å²) in [6.45, 7) is 3.02. The van der Waals surface area contributed by atoms with Gasteiger partial charge in [-0.2, -0.15) is 0 Å². The van der Waals surface area contributed by atoms with Crippen molar-refractivity contribution in [1.82, 2.24) is 9.88 Å². The molecule has 1 aliphatic heterocycles. The molecule has 1 aromatic heterocycles. The summed E-state index contributed by atoms with van der Waals surface area (Å²) < 4.78 is 0. The number of aromatic nitrogens is 1. The van der Waals surface area contributed by atoms with Gasteiger partial charge in [-0.1, -0.05) is 11.6 Å². The highest BCUT2D eigenvalue weighted by atomic mass is 35.5. The van der Waals surface area contributed by atoms with Crippen molar-refractivity contribution in [2.75, 3.05) is 13.1 Å². The van der Waals surface area contributed by atoms with Gasteiger partial charge in [-0.25, -0.2) is 0 Å². The molecule has 1 N–H and O–H groups in total. The zero-order valence-electron chi connectivity index (χ0n) is 10.4. The predicted octanol–water partition coefficient (Wildman–Crippen LogP) is 2.11. The Morgan fingerprint density at radius 2 is 2.28 bits per heavy atom. The molecule has 2 heterocycles. The van der Waals surface area contributed by atoms with E-state index >= 15 is 0 Å². The minimum atomic E-state index is -0.673. The largest absolute Gasteiger partial charge is 0.390 e. The molecule has 5 heteroatoms. The van der Waals surface area contributed by atoms with Crippen LogP contribution in [0.15, 0.2) is 18.5 Å². The van der Waals surface area contributed by atoms with Crippen molar-refractivity contribution in [2.24, 2.45) is 0 Å². The van der Waals surface area contributed by atoms with E-state index < -0.39 is 5.60 Å². The maximum Gasteiger partial charge on any atom is 0.256 e. The summed E-state index contributed by atoms with van der Waals surface area (Å²) in [6, 6.07) is 1.61. The predicted molar refractivity (Wildman–Crippen MR) is 69.6 cm³/mol. The molecule has 98 valence electrons. The van der Waals surface area contributed by atoms with Gasteiger partial charge in [0.25, 0.3) is 5.91 Å². The van der Waals surface area contributed by atoms with Gasteiger partial charge in [0.15, 0.2) is 0 Å². The Morgan fingerprint density at radius 1 is 1.50 bits per heavy atom. The van der Waals surface area contributed by atoms with E-state index in [4.69, 9.17) is 11.6 Å². The zero-order chi connectivity index (χ0) is 13.2. The number of nitrogens with zero attached hydrogens (tertiary/aromatic N) is 2. The van der Waals surface area contributed by atoms with Gasteiger partial charge in [0.05, 0.1) is 16.2 Å². The number of halogens is 1. The van der Waals surface area contributed by atoms with Crippen molar-refractivity contribution < 1.29 is 9.90 Å². The van der Waals surface area contributed by atoms with Crippen LogP contribution in [0.2, 0.25) is 5.02 Å². The van der Waals surface area contributed by atoms with E-state index in [0.29, 0.717) is 30.1 Å². The molecule has 1 aromatic rings. The number of aliphatic hydroxyl groups is 1. The standard InChI is InChI=1S/C13H17ClN2O2/c1-13(18)4-2-7-16(8-5-13)12(17)10-9-15-6-3-11(10)14/h3,6,9,18H,2,4-5,7-8H2,1H3. The van der Waals surface area contributed by atoms with E-state index in [1.165, 1.54) is 6.20 Å². The Balaban J connectivity index is 2.13. The molecule has 0 saturated carbocycles. The van der Waals surface area contributed by atoms with Crippen LogP contribution in [-0.4, -0.2) is 39.6 Å². The first-order chi connectivity index (χ1) is 8.49. The molecule has 2 rings (SSSR count). The summed E-state index contributed by atoms with van der Waals surface area (Å²) in [5, 5.41) is 10.4. The van der Waals surface area contributed by atoms with Crippen molar-refractivity contribution in [3.8, 4) is 0 Å². The van der Waals surface area contributed by atoms with E-state index in [-0.39, 0.29) is 5.91 Å². The van der Waals surface area contributed by atoms with Crippen molar-refractivity contribution in [3.63, 3.8) is 0 Å². The van der Waals surface area contributed by atoms with Crippen LogP contribution in [0.3, 0.4) is 0 Å². The fourth-order valence-corrected chi connectivity index (χ4v) is 2.36. The maximum atomic E-state index is 12.3. The van der Waals surface area contributed by atoms with Gasteiger partial charge in [-0.05, 0) is 32.3 Å². The first kappa shape index (κ1) is 13.3. The molecule has 1 unspecified atom stereocenters. The van der Waals surface area contributed by atoms with E-state index in [9.17, 15) is 9.90 Å². The number of likely N-dealkylation sites (tertiary alicyclic amines) is 1. The van der Waals surface area contributed by atoms with Crippen LogP contribution in [0.1, 0.15) is 36.5 Å². The molecule has 1 amide bonds. The van der Waals surface area contributed by atoms with Crippen LogP contribution in [0.25, 0.3) is 0 Å². The molecule has 1 saturated heterocycles. The van der Waals surface area contributed by atoms with E-state index in [0.717, 1.165) is 12.8 Å². The average Bonchev–Trinajstić information content (AvgIpc) is 2.50. The van der Waals surface area contributed by atoms with Gasteiger partial charge in [0, 0.05) is 25.5 Å². The quantitative estimate of drug-likeness (QED) is 0.849. The lowest BCUT2D eigenvalue weighted by atomic mass is 9.98. The molecular weight excluding hydrogens is 252 g/mol. The molecule has 18 heavy (non-hydrogen) atoms. The van der Waals surface area contributed by atoms with Gasteiger partial charge in [0.1, 0.15) is 0 Å². The SMILES string of the molecule is CC1(O)CCCN(C(=O)c2cnccc2Cl)CC1. The second-order valence-corrected chi connectivity index (χ2v) is 5.41. The Labute approximate surface area is 112 Å². The molecule has 0 aliphatic carbocycles. The van der Waals surface area contributed by atoms with E-state index in [1.54, 1.807) is 17.2 Å². The number of amides is 1. The highest BCUT2D eigenvalue weighted by molar-refractivity contribution is 6.33. The second-order valence-electron chi connectivity index (χ2n) is 5.00. The topological polar surface area (TPSA) is 53.4 Å². The molecule has 0 radical (unpaired) electrons. The first-order valence-corrected chi connectivity index (χ1v) is 6.48. The molecule has 1 fully saturated rings. The summed E-state index contributed by atoms with van der Waals surface area (Å²) >= 11 is 6.00. The molecule has 1 aliphatic rings. The first-order valence-electron chi connectivity index (χ1n) is 6.11. The summed E-state index contributed by atoms with van der Waals surface area (Å²) in [5.74, 6) is -0.106. The molecule has 0 spiro atoms. The fraction of sp³-hybridized carbons (Fsp3) is 0.538. The van der Waals surface area contributed by atoms with Gasteiger partial charge >= 0.3 is 0 Å².